The number of carbonyl (C=O) groups excluding carboxylic acids is 2. The molecule has 1 aromatic carbocycles. The van der Waals surface area contributed by atoms with Crippen LogP contribution in [-0.4, -0.2) is 11.6 Å². The van der Waals surface area contributed by atoms with Crippen LogP contribution in [-0.2, 0) is 4.79 Å². The van der Waals surface area contributed by atoms with E-state index in [1.807, 2.05) is 13.8 Å². The smallest absolute Gasteiger partial charge is 0.173 e. The SMILES string of the molecule is CC(=O)[C@@H](C(=O)c1ccc(Cl)cc1)C(C)C. The minimum atomic E-state index is -0.554. The molecule has 1 rings (SSSR count). The van der Waals surface area contributed by atoms with Crippen molar-refractivity contribution in [1.82, 2.24) is 0 Å². The first-order valence-electron chi connectivity index (χ1n) is 5.23. The third kappa shape index (κ3) is 2.92. The Morgan fingerprint density at radius 2 is 1.62 bits per heavy atom. The molecule has 2 nitrogen and oxygen atoms in total. The minimum Gasteiger partial charge on any atom is -0.299 e. The molecule has 1 aromatic rings. The van der Waals surface area contributed by atoms with Crippen LogP contribution in [0, 0.1) is 11.8 Å². The number of hydrogen-bond acceptors (Lipinski definition) is 2. The minimum absolute atomic E-state index is 0.0145. The first kappa shape index (κ1) is 12.9. The van der Waals surface area contributed by atoms with E-state index in [0.29, 0.717) is 10.6 Å². The largest absolute Gasteiger partial charge is 0.299 e. The molecule has 3 heteroatoms. The van der Waals surface area contributed by atoms with Crippen LogP contribution in [0.5, 0.6) is 0 Å². The van der Waals surface area contributed by atoms with Crippen molar-refractivity contribution in [1.29, 1.82) is 0 Å². The first-order valence-corrected chi connectivity index (χ1v) is 5.61. The maximum absolute atomic E-state index is 12.1. The fourth-order valence-electron chi connectivity index (χ4n) is 1.75. The number of rotatable bonds is 4. The second-order valence-electron chi connectivity index (χ2n) is 4.20. The van der Waals surface area contributed by atoms with E-state index >= 15 is 0 Å². The quantitative estimate of drug-likeness (QED) is 0.595. The topological polar surface area (TPSA) is 34.1 Å². The fourth-order valence-corrected chi connectivity index (χ4v) is 1.88. The first-order chi connectivity index (χ1) is 7.43. The number of ketones is 2. The molecule has 0 aromatic heterocycles. The van der Waals surface area contributed by atoms with Crippen LogP contribution in [0.25, 0.3) is 0 Å². The van der Waals surface area contributed by atoms with E-state index in [0.717, 1.165) is 0 Å². The van der Waals surface area contributed by atoms with Crippen molar-refractivity contribution in [3.05, 3.63) is 34.9 Å². The van der Waals surface area contributed by atoms with Crippen LogP contribution in [0.1, 0.15) is 31.1 Å². The van der Waals surface area contributed by atoms with Gasteiger partial charge < -0.3 is 0 Å². The molecular weight excluding hydrogens is 224 g/mol. The molecule has 0 N–H and O–H groups in total. The van der Waals surface area contributed by atoms with Gasteiger partial charge in [-0.25, -0.2) is 0 Å². The number of carbonyl (C=O) groups is 2. The monoisotopic (exact) mass is 238 g/mol. The van der Waals surface area contributed by atoms with Crippen molar-refractivity contribution in [2.75, 3.05) is 0 Å². The van der Waals surface area contributed by atoms with E-state index in [2.05, 4.69) is 0 Å². The molecule has 0 aliphatic heterocycles. The zero-order chi connectivity index (χ0) is 12.3. The molecule has 0 aliphatic rings. The lowest BCUT2D eigenvalue weighted by Crippen LogP contribution is -2.27. The fraction of sp³-hybridized carbons (Fsp3) is 0.385. The maximum atomic E-state index is 12.1. The number of benzene rings is 1. The molecule has 86 valence electrons. The van der Waals surface area contributed by atoms with E-state index in [1.54, 1.807) is 24.3 Å². The molecule has 0 radical (unpaired) electrons. The molecule has 0 heterocycles. The zero-order valence-electron chi connectivity index (χ0n) is 9.66. The summed E-state index contributed by atoms with van der Waals surface area (Å²) in [5, 5.41) is 0.584. The van der Waals surface area contributed by atoms with E-state index in [1.165, 1.54) is 6.92 Å². The Kier molecular flexibility index (Phi) is 4.25. The summed E-state index contributed by atoms with van der Waals surface area (Å²) in [7, 11) is 0. The lowest BCUT2D eigenvalue weighted by molar-refractivity contribution is -0.120. The second kappa shape index (κ2) is 5.26. The summed E-state index contributed by atoms with van der Waals surface area (Å²) < 4.78 is 0. The van der Waals surface area contributed by atoms with Gasteiger partial charge in [0.05, 0.1) is 5.92 Å². The van der Waals surface area contributed by atoms with Gasteiger partial charge in [-0.15, -0.1) is 0 Å². The molecular formula is C13H15ClO2. The lowest BCUT2D eigenvalue weighted by Gasteiger charge is -2.16. The number of Topliss-reactive ketones (excluding diaryl/α,β-unsaturated/α-hetero) is 2. The van der Waals surface area contributed by atoms with Crippen LogP contribution >= 0.6 is 11.6 Å². The van der Waals surface area contributed by atoms with Gasteiger partial charge in [-0.1, -0.05) is 25.4 Å². The Hall–Kier alpha value is -1.15. The van der Waals surface area contributed by atoms with Gasteiger partial charge in [0.25, 0.3) is 0 Å². The van der Waals surface area contributed by atoms with Crippen molar-refractivity contribution in [3.8, 4) is 0 Å². The summed E-state index contributed by atoms with van der Waals surface area (Å²) in [6.45, 7) is 5.21. The van der Waals surface area contributed by atoms with Crippen molar-refractivity contribution in [2.24, 2.45) is 11.8 Å². The molecule has 0 aliphatic carbocycles. The molecule has 1 atom stereocenters. The van der Waals surface area contributed by atoms with Crippen molar-refractivity contribution in [2.45, 2.75) is 20.8 Å². The summed E-state index contributed by atoms with van der Waals surface area (Å²) in [5.41, 5.74) is 0.540. The highest BCUT2D eigenvalue weighted by Gasteiger charge is 2.27. The lowest BCUT2D eigenvalue weighted by atomic mass is 9.85. The predicted octanol–water partition coefficient (Wildman–Crippen LogP) is 3.38. The Labute approximate surface area is 101 Å². The molecule has 0 unspecified atom stereocenters. The van der Waals surface area contributed by atoms with Gasteiger partial charge in [0.15, 0.2) is 5.78 Å². The highest BCUT2D eigenvalue weighted by molar-refractivity contribution is 6.30. The Balaban J connectivity index is 2.99. The summed E-state index contributed by atoms with van der Waals surface area (Å²) in [5.74, 6) is -0.754. The van der Waals surface area contributed by atoms with Crippen molar-refractivity contribution >= 4 is 23.2 Å². The standard InChI is InChI=1S/C13H15ClO2/c1-8(2)12(9(3)15)13(16)10-4-6-11(14)7-5-10/h4-8,12H,1-3H3/t12-/m0/s1. The maximum Gasteiger partial charge on any atom is 0.173 e. The second-order valence-corrected chi connectivity index (χ2v) is 4.64. The summed E-state index contributed by atoms with van der Waals surface area (Å²) in [6.07, 6.45) is 0. The van der Waals surface area contributed by atoms with Crippen molar-refractivity contribution in [3.63, 3.8) is 0 Å². The summed E-state index contributed by atoms with van der Waals surface area (Å²) in [4.78, 5) is 23.5. The highest BCUT2D eigenvalue weighted by atomic mass is 35.5. The van der Waals surface area contributed by atoms with Gasteiger partial charge in [-0.3, -0.25) is 9.59 Å². The van der Waals surface area contributed by atoms with Crippen molar-refractivity contribution < 1.29 is 9.59 Å². The van der Waals surface area contributed by atoms with Gasteiger partial charge in [-0.05, 0) is 37.1 Å². The van der Waals surface area contributed by atoms with Crippen LogP contribution in [0.15, 0.2) is 24.3 Å². The molecule has 0 saturated carbocycles. The van der Waals surface area contributed by atoms with Gasteiger partial charge in [0.1, 0.15) is 5.78 Å². The molecule has 16 heavy (non-hydrogen) atoms. The highest BCUT2D eigenvalue weighted by Crippen LogP contribution is 2.19. The third-order valence-corrected chi connectivity index (χ3v) is 2.77. The Morgan fingerprint density at radius 3 is 2.00 bits per heavy atom. The van der Waals surface area contributed by atoms with Gasteiger partial charge in [0, 0.05) is 10.6 Å². The average Bonchev–Trinajstić information content (AvgIpc) is 2.17. The summed E-state index contributed by atoms with van der Waals surface area (Å²) >= 11 is 5.74. The van der Waals surface area contributed by atoms with Crippen LogP contribution in [0.3, 0.4) is 0 Å². The summed E-state index contributed by atoms with van der Waals surface area (Å²) in [6, 6.07) is 6.63. The van der Waals surface area contributed by atoms with Gasteiger partial charge in [-0.2, -0.15) is 0 Å². The Morgan fingerprint density at radius 1 is 1.12 bits per heavy atom. The van der Waals surface area contributed by atoms with E-state index in [-0.39, 0.29) is 17.5 Å². The van der Waals surface area contributed by atoms with E-state index < -0.39 is 5.92 Å². The van der Waals surface area contributed by atoms with Gasteiger partial charge in [0.2, 0.25) is 0 Å². The van der Waals surface area contributed by atoms with Gasteiger partial charge >= 0.3 is 0 Å². The zero-order valence-corrected chi connectivity index (χ0v) is 10.4. The number of halogens is 1. The van der Waals surface area contributed by atoms with Crippen LogP contribution in [0.4, 0.5) is 0 Å². The van der Waals surface area contributed by atoms with E-state index in [4.69, 9.17) is 11.6 Å². The molecule has 0 bridgehead atoms. The molecule has 0 spiro atoms. The molecule has 0 amide bonds. The normalized spacial score (nSPS) is 12.6. The molecule has 0 saturated heterocycles. The third-order valence-electron chi connectivity index (χ3n) is 2.52. The van der Waals surface area contributed by atoms with E-state index in [9.17, 15) is 9.59 Å². The predicted molar refractivity (Wildman–Crippen MR) is 64.8 cm³/mol. The molecule has 0 fully saturated rings. The Bertz CT molecular complexity index is 393. The number of hydrogen-bond donors (Lipinski definition) is 0. The van der Waals surface area contributed by atoms with Crippen LogP contribution < -0.4 is 0 Å². The van der Waals surface area contributed by atoms with Crippen LogP contribution in [0.2, 0.25) is 5.02 Å². The average molecular weight is 239 g/mol.